The van der Waals surface area contributed by atoms with Crippen molar-refractivity contribution in [3.63, 3.8) is 0 Å². The van der Waals surface area contributed by atoms with Crippen LogP contribution in [0.3, 0.4) is 0 Å². The van der Waals surface area contributed by atoms with Crippen LogP contribution in [-0.4, -0.2) is 27.5 Å². The summed E-state index contributed by atoms with van der Waals surface area (Å²) in [5.74, 6) is -0.0803. The second-order valence-electron chi connectivity index (χ2n) is 7.48. The Labute approximate surface area is 183 Å². The summed E-state index contributed by atoms with van der Waals surface area (Å²) in [6, 6.07) is 11.5. The molecule has 1 aliphatic carbocycles. The van der Waals surface area contributed by atoms with E-state index in [1.54, 1.807) is 30.3 Å². The molecule has 6 nitrogen and oxygen atoms in total. The predicted octanol–water partition coefficient (Wildman–Crippen LogP) is 4.28. The third-order valence-electron chi connectivity index (χ3n) is 5.29. The number of amides is 1. The molecule has 0 aliphatic heterocycles. The minimum absolute atomic E-state index is 0.0625. The number of nitrogens with one attached hydrogen (secondary N) is 2. The number of benzene rings is 2. The lowest BCUT2D eigenvalue weighted by Gasteiger charge is -2.17. The Kier molecular flexibility index (Phi) is 7.75. The third-order valence-corrected chi connectivity index (χ3v) is 6.96. The van der Waals surface area contributed by atoms with Crippen LogP contribution in [0.4, 0.5) is 0 Å². The molecule has 0 unspecified atom stereocenters. The Bertz CT molecular complexity index is 969. The van der Waals surface area contributed by atoms with Crippen LogP contribution in [0.5, 0.6) is 5.75 Å². The summed E-state index contributed by atoms with van der Waals surface area (Å²) in [7, 11) is -2.49. The van der Waals surface area contributed by atoms with E-state index in [9.17, 15) is 13.2 Å². The average Bonchev–Trinajstić information content (AvgIpc) is 3.01. The van der Waals surface area contributed by atoms with E-state index in [1.165, 1.54) is 32.1 Å². The lowest BCUT2D eigenvalue weighted by atomic mass is 10.1. The van der Waals surface area contributed by atoms with Gasteiger partial charge in [-0.05, 0) is 48.7 Å². The number of halogens is 1. The van der Waals surface area contributed by atoms with Crippen molar-refractivity contribution in [2.45, 2.75) is 56.0 Å². The van der Waals surface area contributed by atoms with E-state index in [0.29, 0.717) is 10.6 Å². The zero-order valence-electron chi connectivity index (χ0n) is 17.0. The summed E-state index contributed by atoms with van der Waals surface area (Å²) in [4.78, 5) is 12.7. The van der Waals surface area contributed by atoms with Crippen LogP contribution in [0.25, 0.3) is 0 Å². The van der Waals surface area contributed by atoms with Crippen LogP contribution in [0.1, 0.15) is 54.4 Å². The number of carbonyl (C=O) groups is 1. The summed E-state index contributed by atoms with van der Waals surface area (Å²) in [6.07, 6.45) is 6.49. The fourth-order valence-electron chi connectivity index (χ4n) is 3.58. The van der Waals surface area contributed by atoms with E-state index >= 15 is 0 Å². The number of carbonyl (C=O) groups excluding carboxylic acids is 1. The van der Waals surface area contributed by atoms with Gasteiger partial charge in [-0.3, -0.25) is 4.79 Å². The molecule has 1 saturated carbocycles. The van der Waals surface area contributed by atoms with Crippen molar-refractivity contribution in [3.05, 3.63) is 58.6 Å². The highest BCUT2D eigenvalue weighted by Gasteiger charge is 2.23. The number of methoxy groups -OCH3 is 1. The molecule has 3 rings (SSSR count). The number of hydrogen-bond donors (Lipinski definition) is 2. The van der Waals surface area contributed by atoms with Gasteiger partial charge in [0.25, 0.3) is 5.91 Å². The van der Waals surface area contributed by atoms with Gasteiger partial charge < -0.3 is 10.1 Å². The summed E-state index contributed by atoms with van der Waals surface area (Å²) < 4.78 is 33.6. The SMILES string of the molecule is COc1ccc(C(=O)NC2CCCCCC2)cc1S(=O)(=O)NCc1ccc(Cl)cc1. The maximum absolute atomic E-state index is 12.9. The number of sulfonamides is 1. The summed E-state index contributed by atoms with van der Waals surface area (Å²) in [5.41, 5.74) is 1.07. The molecule has 0 saturated heterocycles. The van der Waals surface area contributed by atoms with Crippen LogP contribution < -0.4 is 14.8 Å². The van der Waals surface area contributed by atoms with E-state index in [-0.39, 0.29) is 29.1 Å². The normalized spacial score (nSPS) is 15.4. The molecule has 1 aliphatic rings. The fourth-order valence-corrected chi connectivity index (χ4v) is 4.92. The van der Waals surface area contributed by atoms with Crippen molar-refractivity contribution in [1.29, 1.82) is 0 Å². The molecular formula is C22H27ClN2O4S. The molecule has 2 N–H and O–H groups in total. The first-order valence-electron chi connectivity index (χ1n) is 10.1. The average molecular weight is 451 g/mol. The zero-order valence-corrected chi connectivity index (χ0v) is 18.6. The van der Waals surface area contributed by atoms with Gasteiger partial charge >= 0.3 is 0 Å². The lowest BCUT2D eigenvalue weighted by molar-refractivity contribution is 0.0933. The standard InChI is InChI=1S/C22H27ClN2O4S/c1-29-20-13-10-17(22(26)25-19-6-4-2-3-5-7-19)14-21(20)30(27,28)24-15-16-8-11-18(23)12-9-16/h8-14,19,24H,2-7,15H2,1H3,(H,25,26). The molecule has 8 heteroatoms. The van der Waals surface area contributed by atoms with Gasteiger partial charge in [0.1, 0.15) is 10.6 Å². The molecule has 1 amide bonds. The van der Waals surface area contributed by atoms with Crippen molar-refractivity contribution in [2.75, 3.05) is 7.11 Å². The monoisotopic (exact) mass is 450 g/mol. The number of hydrogen-bond acceptors (Lipinski definition) is 4. The highest BCUT2D eigenvalue weighted by atomic mass is 35.5. The Balaban J connectivity index is 1.77. The van der Waals surface area contributed by atoms with Crippen LogP contribution in [0.2, 0.25) is 5.02 Å². The largest absolute Gasteiger partial charge is 0.495 e. The highest BCUT2D eigenvalue weighted by Crippen LogP contribution is 2.26. The molecule has 0 bridgehead atoms. The van der Waals surface area contributed by atoms with Crippen LogP contribution in [0.15, 0.2) is 47.4 Å². The van der Waals surface area contributed by atoms with Gasteiger partial charge in [0.05, 0.1) is 7.11 Å². The first kappa shape index (κ1) is 22.6. The molecule has 2 aromatic rings. The van der Waals surface area contributed by atoms with E-state index < -0.39 is 10.0 Å². The molecule has 0 radical (unpaired) electrons. The Morgan fingerprint density at radius 1 is 1.07 bits per heavy atom. The molecule has 0 atom stereocenters. The Morgan fingerprint density at radius 3 is 2.37 bits per heavy atom. The number of ether oxygens (including phenoxy) is 1. The van der Waals surface area contributed by atoms with Crippen molar-refractivity contribution >= 4 is 27.5 Å². The van der Waals surface area contributed by atoms with Gasteiger partial charge in [0.15, 0.2) is 0 Å². The minimum atomic E-state index is -3.89. The second-order valence-corrected chi connectivity index (χ2v) is 9.65. The first-order valence-corrected chi connectivity index (χ1v) is 12.0. The molecule has 1 fully saturated rings. The van der Waals surface area contributed by atoms with Crippen LogP contribution in [-0.2, 0) is 16.6 Å². The molecule has 0 spiro atoms. The molecule has 162 valence electrons. The number of rotatable bonds is 7. The zero-order chi connectivity index (χ0) is 21.6. The van der Waals surface area contributed by atoms with Gasteiger partial charge in [0, 0.05) is 23.2 Å². The first-order chi connectivity index (χ1) is 14.4. The molecule has 30 heavy (non-hydrogen) atoms. The second kappa shape index (κ2) is 10.3. The Morgan fingerprint density at radius 2 is 1.73 bits per heavy atom. The van der Waals surface area contributed by atoms with Crippen molar-refractivity contribution in [2.24, 2.45) is 0 Å². The van der Waals surface area contributed by atoms with Gasteiger partial charge in [-0.1, -0.05) is 49.4 Å². The van der Waals surface area contributed by atoms with Crippen LogP contribution >= 0.6 is 11.6 Å². The molecule has 0 aromatic heterocycles. The van der Waals surface area contributed by atoms with Gasteiger partial charge in [0.2, 0.25) is 10.0 Å². The summed E-state index contributed by atoms with van der Waals surface area (Å²) >= 11 is 5.87. The maximum Gasteiger partial charge on any atom is 0.251 e. The third kappa shape index (κ3) is 5.97. The van der Waals surface area contributed by atoms with E-state index in [0.717, 1.165) is 31.2 Å². The molecule has 0 heterocycles. The van der Waals surface area contributed by atoms with Crippen molar-refractivity contribution in [1.82, 2.24) is 10.0 Å². The van der Waals surface area contributed by atoms with Crippen molar-refractivity contribution < 1.29 is 17.9 Å². The smallest absolute Gasteiger partial charge is 0.251 e. The quantitative estimate of drug-likeness (QED) is 0.616. The lowest BCUT2D eigenvalue weighted by Crippen LogP contribution is -2.34. The summed E-state index contributed by atoms with van der Waals surface area (Å²) in [5, 5.41) is 3.63. The van der Waals surface area contributed by atoms with Gasteiger partial charge in [-0.25, -0.2) is 13.1 Å². The summed E-state index contributed by atoms with van der Waals surface area (Å²) in [6.45, 7) is 0.0984. The van der Waals surface area contributed by atoms with E-state index in [1.807, 2.05) is 0 Å². The van der Waals surface area contributed by atoms with E-state index in [4.69, 9.17) is 16.3 Å². The molecule has 2 aromatic carbocycles. The van der Waals surface area contributed by atoms with Crippen molar-refractivity contribution in [3.8, 4) is 5.75 Å². The van der Waals surface area contributed by atoms with Gasteiger partial charge in [-0.2, -0.15) is 0 Å². The Hall–Kier alpha value is -2.09. The van der Waals surface area contributed by atoms with E-state index in [2.05, 4.69) is 10.0 Å². The maximum atomic E-state index is 12.9. The van der Waals surface area contributed by atoms with Gasteiger partial charge in [-0.15, -0.1) is 0 Å². The topological polar surface area (TPSA) is 84.5 Å². The highest BCUT2D eigenvalue weighted by molar-refractivity contribution is 7.89. The fraction of sp³-hybridized carbons (Fsp3) is 0.409. The minimum Gasteiger partial charge on any atom is -0.495 e. The predicted molar refractivity (Wildman–Crippen MR) is 117 cm³/mol. The molecular weight excluding hydrogens is 424 g/mol. The van der Waals surface area contributed by atoms with Crippen LogP contribution in [0, 0.1) is 0 Å².